The lowest BCUT2D eigenvalue weighted by Gasteiger charge is -2.31. The van der Waals surface area contributed by atoms with Gasteiger partial charge >= 0.3 is 65.7 Å². The fourth-order valence-corrected chi connectivity index (χ4v) is 15.0. The highest BCUT2D eigenvalue weighted by molar-refractivity contribution is 7.81. The summed E-state index contributed by atoms with van der Waals surface area (Å²) in [6.45, 7) is 1.79. The molecule has 0 unspecified atom stereocenters. The van der Waals surface area contributed by atoms with E-state index in [2.05, 4.69) is 38.6 Å². The number of Topliss-reactive ketones (excluding diaryl/α,β-unsaturated/α-hetero) is 2. The van der Waals surface area contributed by atoms with Crippen LogP contribution in [0.25, 0.3) is 10.8 Å². The molecule has 8 heterocycles. The van der Waals surface area contributed by atoms with Crippen LogP contribution in [0.15, 0.2) is 133 Å². The van der Waals surface area contributed by atoms with Crippen LogP contribution < -0.4 is 21.5 Å². The molecule has 8 saturated heterocycles. The van der Waals surface area contributed by atoms with Gasteiger partial charge in [-0.15, -0.1) is 17.1 Å². The highest BCUT2D eigenvalue weighted by atomic mass is 32.3. The minimum absolute atomic E-state index is 0.0722. The Hall–Kier alpha value is -10.9. The molecule has 13 rings (SSSR count). The van der Waals surface area contributed by atoms with Gasteiger partial charge in [0.05, 0.1) is 37.3 Å². The van der Waals surface area contributed by atoms with Gasteiger partial charge in [-0.2, -0.15) is 53.9 Å². The van der Waals surface area contributed by atoms with E-state index in [-0.39, 0.29) is 83.1 Å². The molecule has 8 aliphatic heterocycles. The quantitative estimate of drug-likeness (QED) is 0.0290. The molecule has 8 N–H and O–H groups in total. The molecule has 111 heavy (non-hydrogen) atoms. The van der Waals surface area contributed by atoms with Crippen molar-refractivity contribution >= 4 is 124 Å². The van der Waals surface area contributed by atoms with E-state index in [1.807, 2.05) is 30.3 Å². The number of urea groups is 4. The van der Waals surface area contributed by atoms with Crippen molar-refractivity contribution < 1.29 is 127 Å². The zero-order valence-electron chi connectivity index (χ0n) is 58.6. The van der Waals surface area contributed by atoms with Crippen molar-refractivity contribution in [1.29, 1.82) is 0 Å². The highest BCUT2D eigenvalue weighted by Crippen LogP contribution is 2.35. The summed E-state index contributed by atoms with van der Waals surface area (Å²) in [5, 5.41) is 11.4. The molecule has 0 aromatic heterocycles. The van der Waals surface area contributed by atoms with Crippen molar-refractivity contribution in [2.45, 2.75) is 107 Å². The zero-order chi connectivity index (χ0) is 80.6. The van der Waals surface area contributed by atoms with Gasteiger partial charge < -0.3 is 30.2 Å². The van der Waals surface area contributed by atoms with E-state index in [4.69, 9.17) is 18.2 Å². The van der Waals surface area contributed by atoms with Gasteiger partial charge in [0, 0.05) is 62.0 Å². The average molecular weight is 1630 g/mol. The number of nitrogens with zero attached hydrogens (tertiary/aromatic N) is 10. The molecular formula is C65H74N14O28S4. The van der Waals surface area contributed by atoms with E-state index in [9.17, 15) is 91.2 Å². The second-order valence-corrected chi connectivity index (χ2v) is 29.9. The Kier molecular flexibility index (Phi) is 25.7. The number of carbonyl (C=O) groups is 12. The van der Waals surface area contributed by atoms with E-state index in [0.717, 1.165) is 30.6 Å². The van der Waals surface area contributed by atoms with Gasteiger partial charge in [-0.25, -0.2) is 19.2 Å². The number of piperidine rings is 4. The molecule has 5 aromatic rings. The van der Waals surface area contributed by atoms with Crippen molar-refractivity contribution in [2.75, 3.05) is 52.9 Å². The molecule has 0 aliphatic carbocycles. The number of amides is 14. The minimum atomic E-state index is -4.86. The van der Waals surface area contributed by atoms with Crippen LogP contribution >= 0.6 is 0 Å². The number of carbonyl (C=O) groups excluding carboxylic acids is 12. The topological polar surface area (TPSA) is 540 Å². The van der Waals surface area contributed by atoms with E-state index >= 15 is 0 Å². The second-order valence-electron chi connectivity index (χ2n) is 25.8. The standard InChI is InChI=1S/C19H19N3O7S.C16H20N4O7S.C15H18N4O7S.C15H17N3O7S/c23-17(14-6-5-12-3-1-2-4-13(12)9-14)10-20-18(24)16-8-7-15-11-21(16)19(25)22(15)29-30(26,27)28;1-2-19(15(22)11-6-4-3-5-7-11)17-14(21)13-9-8-12-10-18(13)16(23)20(12)27-28(24,25)26;1-17(14(21)10-5-3-2-4-6-10)16-13(20)12-8-7-11-9-18(12)15(22)19(11)26-27(23,24)25;19-13(10-4-2-1-3-5-10)8-16-14(20)12-7-6-11-9-17(12)15(21)18(11)25-26(22,23)24/h1-6,9,15-16H,7-8,10-11H2,(H,20,24)(H,26,27,28);3-7,12-13H,2,8-10H2,1H3,(H,17,21)(H,24,25,26);2-6,11-12H,7-9H2,1H3,(H,16,20)(H,23,24,25);1-5,11-12H,6-9H2,(H,16,20)(H,22,23,24)/t15-,16+;12-,13+;2*11-,12+/m1111/s1. The van der Waals surface area contributed by atoms with Crippen molar-refractivity contribution in [3.63, 3.8) is 0 Å². The van der Waals surface area contributed by atoms with Crippen LogP contribution in [0.2, 0.25) is 0 Å². The molecule has 42 nitrogen and oxygen atoms in total. The number of hydroxylamine groups is 8. The monoisotopic (exact) mass is 1630 g/mol. The van der Waals surface area contributed by atoms with Gasteiger partial charge in [0.2, 0.25) is 11.8 Å². The Morgan fingerprint density at radius 1 is 0.387 bits per heavy atom. The SMILES string of the molecule is CCN(NC(=O)[C@@H]1CC[C@@H]2CN1C(=O)N2OS(=O)(=O)O)C(=O)c1ccccc1.CN(NC(=O)[C@@H]1CC[C@@H]2CN1C(=O)N2OS(=O)(=O)O)C(=O)c1ccccc1.O=C(CNC(=O)[C@@H]1CC[C@@H]2CN1C(=O)N2OS(=O)(=O)O)c1ccc2ccccc2c1.O=C(CNC(=O)[C@@H]1CC[C@@H]2CN1C(=O)N2OS(=O)(=O)O)c1ccccc1. The van der Waals surface area contributed by atoms with Gasteiger partial charge in [-0.3, -0.25) is 77.4 Å². The molecule has 5 aromatic carbocycles. The van der Waals surface area contributed by atoms with E-state index < -0.39 is 149 Å². The number of ketones is 2. The van der Waals surface area contributed by atoms with E-state index in [1.54, 1.807) is 110 Å². The molecule has 8 bridgehead atoms. The van der Waals surface area contributed by atoms with Gasteiger partial charge in [0.25, 0.3) is 23.6 Å². The lowest BCUT2D eigenvalue weighted by molar-refractivity contribution is -0.130. The normalized spacial score (nSPS) is 21.7. The Balaban J connectivity index is 0.000000157. The predicted molar refractivity (Wildman–Crippen MR) is 377 cm³/mol. The number of benzene rings is 5. The van der Waals surface area contributed by atoms with Crippen LogP contribution in [0.3, 0.4) is 0 Å². The van der Waals surface area contributed by atoms with Crippen molar-refractivity contribution in [1.82, 2.24) is 71.4 Å². The molecule has 46 heteroatoms. The van der Waals surface area contributed by atoms with Crippen molar-refractivity contribution in [3.05, 3.63) is 156 Å². The van der Waals surface area contributed by atoms with Gasteiger partial charge in [0.1, 0.15) is 24.2 Å². The van der Waals surface area contributed by atoms with Crippen LogP contribution in [0.5, 0.6) is 0 Å². The number of hydrogen-bond acceptors (Lipinski definition) is 24. The zero-order valence-corrected chi connectivity index (χ0v) is 61.9. The summed E-state index contributed by atoms with van der Waals surface area (Å²) in [7, 11) is -18.0. The number of rotatable bonds is 21. The Morgan fingerprint density at radius 2 is 0.694 bits per heavy atom. The first-order valence-electron chi connectivity index (χ1n) is 33.9. The first-order valence-corrected chi connectivity index (χ1v) is 39.4. The number of hydrazine groups is 2. The molecule has 8 aliphatic rings. The molecular weight excluding hydrogens is 1550 g/mol. The summed E-state index contributed by atoms with van der Waals surface area (Å²) in [5.74, 6) is -3.52. The second kappa shape index (κ2) is 34.6. The van der Waals surface area contributed by atoms with Crippen LogP contribution in [-0.2, 0) is 77.9 Å². The molecule has 0 radical (unpaired) electrons. The van der Waals surface area contributed by atoms with Crippen LogP contribution in [0.1, 0.15) is 99.7 Å². The Labute approximate surface area is 633 Å². The van der Waals surface area contributed by atoms with Crippen molar-refractivity contribution in [3.8, 4) is 0 Å². The predicted octanol–water partition coefficient (Wildman–Crippen LogP) is 1.11. The summed E-state index contributed by atoms with van der Waals surface area (Å²) in [5.41, 5.74) is 6.67. The highest BCUT2D eigenvalue weighted by Gasteiger charge is 2.54. The van der Waals surface area contributed by atoms with Gasteiger partial charge in [-0.05, 0) is 99.4 Å². The smallest absolute Gasteiger partial charge is 0.347 e. The van der Waals surface area contributed by atoms with Gasteiger partial charge in [0.15, 0.2) is 11.6 Å². The maximum atomic E-state index is 12.7. The van der Waals surface area contributed by atoms with Crippen LogP contribution in [0.4, 0.5) is 19.2 Å². The molecule has 8 atom stereocenters. The lowest BCUT2D eigenvalue weighted by atomic mass is 10.00. The maximum absolute atomic E-state index is 12.7. The van der Waals surface area contributed by atoms with Crippen LogP contribution in [-0.4, -0.2) is 274 Å². The first kappa shape index (κ1) is 82.6. The largest absolute Gasteiger partial charge is 0.418 e. The molecule has 0 saturated carbocycles. The minimum Gasteiger partial charge on any atom is -0.347 e. The molecule has 596 valence electrons. The third kappa shape index (κ3) is 20.6. The fourth-order valence-electron chi connectivity index (χ4n) is 13.5. The summed E-state index contributed by atoms with van der Waals surface area (Å²) < 4.78 is 140. The van der Waals surface area contributed by atoms with Crippen LogP contribution in [0, 0.1) is 0 Å². The number of hydrogen-bond donors (Lipinski definition) is 8. The molecule has 8 fully saturated rings. The first-order chi connectivity index (χ1) is 52.4. The van der Waals surface area contributed by atoms with E-state index in [1.165, 1.54) is 16.8 Å². The summed E-state index contributed by atoms with van der Waals surface area (Å²) in [6, 6.07) is 29.0. The molecule has 0 spiro atoms. The van der Waals surface area contributed by atoms with E-state index in [0.29, 0.717) is 68.2 Å². The van der Waals surface area contributed by atoms with Crippen molar-refractivity contribution in [2.24, 2.45) is 0 Å². The lowest BCUT2D eigenvalue weighted by Crippen LogP contribution is -2.55. The summed E-state index contributed by atoms with van der Waals surface area (Å²) in [6.07, 6.45) is 2.30. The Morgan fingerprint density at radius 3 is 1.05 bits per heavy atom. The molecule has 14 amide bonds. The maximum Gasteiger partial charge on any atom is 0.418 e. The fraction of sp³-hybridized carbons (Fsp3) is 0.385. The average Bonchev–Trinajstić information content (AvgIpc) is 1.65. The van der Waals surface area contributed by atoms with Gasteiger partial charge in [-0.1, -0.05) is 103 Å². The summed E-state index contributed by atoms with van der Waals surface area (Å²) in [4.78, 5) is 154. The summed E-state index contributed by atoms with van der Waals surface area (Å²) >= 11 is 0. The third-order valence-corrected chi connectivity index (χ3v) is 20.0. The number of fused-ring (bicyclic) bond motifs is 9. The third-order valence-electron chi connectivity index (χ3n) is 18.6. The Bertz CT molecular complexity index is 4910. The number of nitrogens with one attached hydrogen (secondary N) is 4.